The van der Waals surface area contributed by atoms with Gasteiger partial charge in [-0.3, -0.25) is 0 Å². The first kappa shape index (κ1) is 20.5. The quantitative estimate of drug-likeness (QED) is 0.465. The fraction of sp³-hybridized carbons (Fsp3) is 0.727. The van der Waals surface area contributed by atoms with Crippen LogP contribution in [0.2, 0.25) is 0 Å². The normalized spacial score (nSPS) is 28.2. The summed E-state index contributed by atoms with van der Waals surface area (Å²) < 4.78 is 48.9. The molecule has 0 aromatic heterocycles. The molecular weight excluding hydrogens is 353 g/mol. The van der Waals surface area contributed by atoms with E-state index in [-0.39, 0.29) is 5.75 Å². The number of ether oxygens (including phenoxy) is 2. The zero-order valence-corrected chi connectivity index (χ0v) is 16.1. The van der Waals surface area contributed by atoms with Gasteiger partial charge in [-0.05, 0) is 80.4 Å². The van der Waals surface area contributed by atoms with Crippen molar-refractivity contribution in [2.45, 2.75) is 83.3 Å². The lowest BCUT2D eigenvalue weighted by molar-refractivity contribution is -0.0522. The van der Waals surface area contributed by atoms with Gasteiger partial charge in [0.05, 0.1) is 6.10 Å². The van der Waals surface area contributed by atoms with Crippen molar-refractivity contribution in [2.75, 3.05) is 6.61 Å². The van der Waals surface area contributed by atoms with Crippen LogP contribution in [0.1, 0.15) is 76.2 Å². The van der Waals surface area contributed by atoms with E-state index in [1.54, 1.807) is 6.07 Å². The van der Waals surface area contributed by atoms with Crippen LogP contribution in [0, 0.1) is 17.7 Å². The number of unbranched alkanes of at least 4 members (excludes halogenated alkanes) is 2. The largest absolute Gasteiger partial charge is 0.432 e. The number of fused-ring (bicyclic) bond motifs is 1. The highest BCUT2D eigenvalue weighted by atomic mass is 19.3. The van der Waals surface area contributed by atoms with Crippen LogP contribution in [-0.4, -0.2) is 19.3 Å². The molecule has 2 aliphatic rings. The highest BCUT2D eigenvalue weighted by Gasteiger charge is 2.36. The highest BCUT2D eigenvalue weighted by Crippen LogP contribution is 2.47. The van der Waals surface area contributed by atoms with Crippen molar-refractivity contribution in [2.24, 2.45) is 11.8 Å². The van der Waals surface area contributed by atoms with E-state index >= 15 is 0 Å². The van der Waals surface area contributed by atoms with Crippen LogP contribution in [0.25, 0.3) is 0 Å². The first-order chi connectivity index (χ1) is 13.1. The van der Waals surface area contributed by atoms with Gasteiger partial charge in [0, 0.05) is 6.61 Å². The van der Waals surface area contributed by atoms with Gasteiger partial charge in [-0.1, -0.05) is 25.8 Å². The molecule has 2 saturated carbocycles. The number of rotatable bonds is 8. The van der Waals surface area contributed by atoms with Crippen molar-refractivity contribution in [1.29, 1.82) is 0 Å². The van der Waals surface area contributed by atoms with E-state index in [2.05, 4.69) is 11.7 Å². The maximum Gasteiger partial charge on any atom is 0.387 e. The molecule has 5 heteroatoms. The molecule has 0 aliphatic heterocycles. The Hall–Kier alpha value is -1.23. The number of benzene rings is 1. The van der Waals surface area contributed by atoms with Crippen LogP contribution >= 0.6 is 0 Å². The van der Waals surface area contributed by atoms with Crippen molar-refractivity contribution in [3.8, 4) is 5.75 Å². The summed E-state index contributed by atoms with van der Waals surface area (Å²) in [6.45, 7) is 0.0832. The molecule has 2 aliphatic carbocycles. The summed E-state index contributed by atoms with van der Waals surface area (Å²) in [5, 5.41) is 0. The Morgan fingerprint density at radius 2 is 1.81 bits per heavy atom. The van der Waals surface area contributed by atoms with Crippen LogP contribution < -0.4 is 4.74 Å². The molecule has 2 nitrogen and oxygen atoms in total. The summed E-state index contributed by atoms with van der Waals surface area (Å²) in [5.41, 5.74) is 0.908. The minimum absolute atomic E-state index is 0.309. The van der Waals surface area contributed by atoms with Gasteiger partial charge in [0.1, 0.15) is 0 Å². The second-order valence-corrected chi connectivity index (χ2v) is 8.11. The number of hydrogen-bond acceptors (Lipinski definition) is 2. The molecule has 0 saturated heterocycles. The zero-order chi connectivity index (χ0) is 19.2. The molecule has 0 amide bonds. The van der Waals surface area contributed by atoms with Crippen molar-refractivity contribution in [3.05, 3.63) is 29.6 Å². The maximum absolute atomic E-state index is 14.0. The lowest BCUT2D eigenvalue weighted by atomic mass is 9.65. The molecule has 152 valence electrons. The molecule has 4 atom stereocenters. The van der Waals surface area contributed by atoms with Crippen LogP contribution in [0.4, 0.5) is 13.2 Å². The van der Waals surface area contributed by atoms with Crippen molar-refractivity contribution < 1.29 is 22.6 Å². The van der Waals surface area contributed by atoms with E-state index < -0.39 is 12.4 Å². The molecule has 1 aromatic carbocycles. The smallest absolute Gasteiger partial charge is 0.387 e. The number of alkyl halides is 2. The van der Waals surface area contributed by atoms with Gasteiger partial charge in [0.15, 0.2) is 11.6 Å². The molecule has 0 heterocycles. The van der Waals surface area contributed by atoms with Gasteiger partial charge < -0.3 is 9.47 Å². The molecule has 2 fully saturated rings. The van der Waals surface area contributed by atoms with Crippen LogP contribution in [0.5, 0.6) is 5.75 Å². The topological polar surface area (TPSA) is 18.5 Å². The SMILES string of the molecule is CCCCCOC1CCC2CC(c3ccc(OC(F)F)c(F)c3)CCC2C1. The minimum atomic E-state index is -3.00. The maximum atomic E-state index is 14.0. The molecule has 4 unspecified atom stereocenters. The summed E-state index contributed by atoms with van der Waals surface area (Å²) in [6, 6.07) is 4.46. The number of halogens is 3. The monoisotopic (exact) mass is 384 g/mol. The van der Waals surface area contributed by atoms with E-state index in [1.165, 1.54) is 31.4 Å². The molecule has 3 rings (SSSR count). The van der Waals surface area contributed by atoms with Crippen molar-refractivity contribution in [3.63, 3.8) is 0 Å². The van der Waals surface area contributed by atoms with E-state index in [0.29, 0.717) is 23.9 Å². The minimum Gasteiger partial charge on any atom is -0.432 e. The zero-order valence-electron chi connectivity index (χ0n) is 16.1. The Kier molecular flexibility index (Phi) is 7.45. The first-order valence-corrected chi connectivity index (χ1v) is 10.4. The van der Waals surface area contributed by atoms with Crippen molar-refractivity contribution in [1.82, 2.24) is 0 Å². The Bertz CT molecular complexity index is 593. The summed E-state index contributed by atoms with van der Waals surface area (Å²) >= 11 is 0. The van der Waals surface area contributed by atoms with Crippen LogP contribution in [0.3, 0.4) is 0 Å². The standard InChI is InChI=1S/C22H31F3O2/c1-2-3-4-11-26-19-9-7-16-12-15(5-6-17(16)13-19)18-8-10-21(20(23)14-18)27-22(24)25/h8,10,14-17,19,22H,2-7,9,11-13H2,1H3. The molecular formula is C22H31F3O2. The summed E-state index contributed by atoms with van der Waals surface area (Å²) in [6.07, 6.45) is 10.7. The molecule has 27 heavy (non-hydrogen) atoms. The van der Waals surface area contributed by atoms with Gasteiger partial charge in [-0.15, -0.1) is 0 Å². The Balaban J connectivity index is 1.51. The second kappa shape index (κ2) is 9.81. The van der Waals surface area contributed by atoms with Gasteiger partial charge in [-0.25, -0.2) is 4.39 Å². The Morgan fingerprint density at radius 3 is 2.56 bits per heavy atom. The van der Waals surface area contributed by atoms with Crippen LogP contribution in [-0.2, 0) is 4.74 Å². The predicted octanol–water partition coefficient (Wildman–Crippen LogP) is 6.69. The highest BCUT2D eigenvalue weighted by molar-refractivity contribution is 5.31. The summed E-state index contributed by atoms with van der Waals surface area (Å²) in [4.78, 5) is 0. The van der Waals surface area contributed by atoms with E-state index in [0.717, 1.165) is 50.7 Å². The van der Waals surface area contributed by atoms with Gasteiger partial charge in [0.2, 0.25) is 0 Å². The second-order valence-electron chi connectivity index (χ2n) is 8.11. The Morgan fingerprint density at radius 1 is 1.04 bits per heavy atom. The molecule has 0 N–H and O–H groups in total. The lowest BCUT2D eigenvalue weighted by Gasteiger charge is -2.42. The van der Waals surface area contributed by atoms with E-state index in [4.69, 9.17) is 4.74 Å². The van der Waals surface area contributed by atoms with Gasteiger partial charge in [-0.2, -0.15) is 8.78 Å². The fourth-order valence-corrected chi connectivity index (χ4v) is 4.86. The van der Waals surface area contributed by atoms with Gasteiger partial charge in [0.25, 0.3) is 0 Å². The Labute approximate surface area is 160 Å². The van der Waals surface area contributed by atoms with Gasteiger partial charge >= 0.3 is 6.61 Å². The molecule has 0 bridgehead atoms. The van der Waals surface area contributed by atoms with Crippen molar-refractivity contribution >= 4 is 0 Å². The average molecular weight is 384 g/mol. The molecule has 0 spiro atoms. The predicted molar refractivity (Wildman–Crippen MR) is 99.7 cm³/mol. The average Bonchev–Trinajstić information content (AvgIpc) is 2.66. The summed E-state index contributed by atoms with van der Waals surface area (Å²) in [5.74, 6) is 0.613. The van der Waals surface area contributed by atoms with E-state index in [9.17, 15) is 13.2 Å². The first-order valence-electron chi connectivity index (χ1n) is 10.4. The molecule has 1 aromatic rings. The van der Waals surface area contributed by atoms with Crippen LogP contribution in [0.15, 0.2) is 18.2 Å². The third kappa shape index (κ3) is 5.63. The summed E-state index contributed by atoms with van der Waals surface area (Å²) in [7, 11) is 0. The third-order valence-electron chi connectivity index (χ3n) is 6.31. The lowest BCUT2D eigenvalue weighted by Crippen LogP contribution is -2.34. The number of hydrogen-bond donors (Lipinski definition) is 0. The third-order valence-corrected chi connectivity index (χ3v) is 6.31. The fourth-order valence-electron chi connectivity index (χ4n) is 4.86. The molecule has 0 radical (unpaired) electrons. The van der Waals surface area contributed by atoms with E-state index in [1.807, 2.05) is 0 Å².